The van der Waals surface area contributed by atoms with Crippen molar-refractivity contribution in [2.75, 3.05) is 32.7 Å². The van der Waals surface area contributed by atoms with Gasteiger partial charge in [-0.3, -0.25) is 14.5 Å². The molecule has 5 unspecified atom stereocenters. The average Bonchev–Trinajstić information content (AvgIpc) is 2.72. The highest BCUT2D eigenvalue weighted by Gasteiger charge is 2.80. The highest BCUT2D eigenvalue weighted by atomic mass is 16.2. The monoisotopic (exact) mass is 393 g/mol. The minimum atomic E-state index is -0.112. The lowest BCUT2D eigenvalue weighted by molar-refractivity contribution is -0.317. The predicted octanol–water partition coefficient (Wildman–Crippen LogP) is 2.27. The Morgan fingerprint density at radius 1 is 1.03 bits per heavy atom. The number of carbonyl (C=O) groups excluding carboxylic acids is 2. The molecule has 1 N–H and O–H groups in total. The van der Waals surface area contributed by atoms with Gasteiger partial charge in [-0.15, -0.1) is 0 Å². The third-order valence-electron chi connectivity index (χ3n) is 8.87. The summed E-state index contributed by atoms with van der Waals surface area (Å²) in [6, 6.07) is 10.5. The first-order valence-electron chi connectivity index (χ1n) is 11.4. The number of carbonyl (C=O) groups is 2. The first kappa shape index (κ1) is 17.9. The maximum absolute atomic E-state index is 13.1. The van der Waals surface area contributed by atoms with Gasteiger partial charge in [0.1, 0.15) is 0 Å². The van der Waals surface area contributed by atoms with Crippen LogP contribution >= 0.6 is 0 Å². The van der Waals surface area contributed by atoms with E-state index in [9.17, 15) is 9.59 Å². The summed E-state index contributed by atoms with van der Waals surface area (Å²) in [6.07, 6.45) is 6.27. The van der Waals surface area contributed by atoms with Gasteiger partial charge < -0.3 is 10.2 Å². The molecular formula is C24H31N3O2. The number of nitrogens with zero attached hydrogens (tertiary/aromatic N) is 2. The molecule has 0 radical (unpaired) electrons. The molecule has 6 aliphatic carbocycles. The van der Waals surface area contributed by atoms with Crippen LogP contribution in [0.4, 0.5) is 0 Å². The van der Waals surface area contributed by atoms with E-state index in [0.29, 0.717) is 11.3 Å². The molecule has 154 valence electrons. The molecule has 1 spiro atoms. The average molecular weight is 394 g/mol. The lowest BCUT2D eigenvalue weighted by Crippen LogP contribution is -2.78. The van der Waals surface area contributed by atoms with Crippen molar-refractivity contribution in [2.45, 2.75) is 38.6 Å². The third-order valence-corrected chi connectivity index (χ3v) is 8.87. The second-order valence-corrected chi connectivity index (χ2v) is 10.5. The molecule has 5 atom stereocenters. The number of nitrogens with one attached hydrogen (secondary N) is 1. The lowest BCUT2D eigenvalue weighted by atomic mass is 9.22. The summed E-state index contributed by atoms with van der Waals surface area (Å²) in [5.41, 5.74) is 1.73. The lowest BCUT2D eigenvalue weighted by Gasteiger charge is -2.81. The summed E-state index contributed by atoms with van der Waals surface area (Å²) in [6.45, 7) is 4.41. The molecule has 2 amide bonds. The standard InChI is InChI=1S/C24H31N3O2/c28-20(27-8-6-26(7-9-27)15-17-4-2-1-3-5-17)14-25-22(29)24-12-18-10-19-13-23(11-18,16-24)21(19)24/h1-5,18-19,21H,6-16H2,(H,25,29). The zero-order chi connectivity index (χ0) is 19.6. The fourth-order valence-electron chi connectivity index (χ4n) is 8.15. The molecule has 1 aromatic carbocycles. The van der Waals surface area contributed by atoms with Crippen LogP contribution in [0.2, 0.25) is 0 Å². The van der Waals surface area contributed by atoms with E-state index in [1.165, 1.54) is 24.8 Å². The van der Waals surface area contributed by atoms with E-state index in [1.807, 2.05) is 11.0 Å². The van der Waals surface area contributed by atoms with Gasteiger partial charge in [0.25, 0.3) is 0 Å². The van der Waals surface area contributed by atoms with E-state index in [2.05, 4.69) is 34.5 Å². The van der Waals surface area contributed by atoms with Gasteiger partial charge in [-0.1, -0.05) is 30.3 Å². The Kier molecular flexibility index (Phi) is 3.90. The van der Waals surface area contributed by atoms with Crippen LogP contribution in [-0.2, 0) is 16.1 Å². The van der Waals surface area contributed by atoms with Crippen LogP contribution in [0.5, 0.6) is 0 Å². The van der Waals surface area contributed by atoms with Gasteiger partial charge in [-0.05, 0) is 60.8 Å². The molecule has 5 heteroatoms. The maximum Gasteiger partial charge on any atom is 0.242 e. The number of hydrogen-bond acceptors (Lipinski definition) is 3. The molecule has 5 bridgehead atoms. The second kappa shape index (κ2) is 6.31. The van der Waals surface area contributed by atoms with E-state index < -0.39 is 0 Å². The van der Waals surface area contributed by atoms with Crippen molar-refractivity contribution in [3.63, 3.8) is 0 Å². The molecular weight excluding hydrogens is 362 g/mol. The molecule has 7 aliphatic rings. The Balaban J connectivity index is 0.992. The Morgan fingerprint density at radius 3 is 2.55 bits per heavy atom. The zero-order valence-electron chi connectivity index (χ0n) is 17.1. The smallest absolute Gasteiger partial charge is 0.242 e. The van der Waals surface area contributed by atoms with E-state index >= 15 is 0 Å². The minimum Gasteiger partial charge on any atom is -0.347 e. The molecule has 5 nitrogen and oxygen atoms in total. The van der Waals surface area contributed by atoms with Gasteiger partial charge in [-0.2, -0.15) is 0 Å². The molecule has 8 rings (SSSR count). The molecule has 1 aliphatic heterocycles. The summed E-state index contributed by atoms with van der Waals surface area (Å²) in [4.78, 5) is 30.1. The van der Waals surface area contributed by atoms with Crippen LogP contribution in [0, 0.1) is 28.6 Å². The highest BCUT2D eigenvalue weighted by Crippen LogP contribution is 2.84. The van der Waals surface area contributed by atoms with Crippen molar-refractivity contribution in [1.29, 1.82) is 0 Å². The summed E-state index contributed by atoms with van der Waals surface area (Å²) in [7, 11) is 0. The van der Waals surface area contributed by atoms with Crippen LogP contribution in [0.15, 0.2) is 30.3 Å². The van der Waals surface area contributed by atoms with E-state index in [4.69, 9.17) is 0 Å². The number of rotatable bonds is 5. The Bertz CT molecular complexity index is 828. The zero-order valence-corrected chi connectivity index (χ0v) is 17.1. The quantitative estimate of drug-likeness (QED) is 0.835. The first-order valence-corrected chi connectivity index (χ1v) is 11.4. The van der Waals surface area contributed by atoms with E-state index in [1.54, 1.807) is 0 Å². The minimum absolute atomic E-state index is 0.0780. The molecule has 6 saturated carbocycles. The SMILES string of the molecule is O=C(CNC(=O)C12CC3CC4CC(C3)(C1)C42)N1CCN(Cc2ccccc2)CC1. The predicted molar refractivity (Wildman–Crippen MR) is 110 cm³/mol. The Hall–Kier alpha value is -1.88. The van der Waals surface area contributed by atoms with Crippen molar-refractivity contribution < 1.29 is 9.59 Å². The molecule has 7 fully saturated rings. The Morgan fingerprint density at radius 2 is 1.83 bits per heavy atom. The van der Waals surface area contributed by atoms with Crippen molar-refractivity contribution in [2.24, 2.45) is 28.6 Å². The maximum atomic E-state index is 13.1. The van der Waals surface area contributed by atoms with Crippen LogP contribution in [-0.4, -0.2) is 54.3 Å². The summed E-state index contributed by atoms with van der Waals surface area (Å²) >= 11 is 0. The fourth-order valence-corrected chi connectivity index (χ4v) is 8.15. The van der Waals surface area contributed by atoms with Gasteiger partial charge in [0.2, 0.25) is 11.8 Å². The normalized spacial score (nSPS) is 39.4. The van der Waals surface area contributed by atoms with Crippen LogP contribution < -0.4 is 5.32 Å². The number of amides is 2. The molecule has 29 heavy (non-hydrogen) atoms. The largest absolute Gasteiger partial charge is 0.347 e. The Labute approximate surface area is 172 Å². The number of benzene rings is 1. The summed E-state index contributed by atoms with van der Waals surface area (Å²) in [5.74, 6) is 2.47. The summed E-state index contributed by atoms with van der Waals surface area (Å²) < 4.78 is 0. The highest BCUT2D eigenvalue weighted by molar-refractivity contribution is 5.89. The van der Waals surface area contributed by atoms with Gasteiger partial charge in [-0.25, -0.2) is 0 Å². The van der Waals surface area contributed by atoms with Crippen LogP contribution in [0.1, 0.15) is 37.7 Å². The van der Waals surface area contributed by atoms with Gasteiger partial charge in [0.05, 0.1) is 12.0 Å². The molecule has 1 heterocycles. The van der Waals surface area contributed by atoms with Crippen molar-refractivity contribution in [3.8, 4) is 0 Å². The van der Waals surface area contributed by atoms with Crippen molar-refractivity contribution in [3.05, 3.63) is 35.9 Å². The van der Waals surface area contributed by atoms with E-state index in [0.717, 1.165) is 57.4 Å². The summed E-state index contributed by atoms with van der Waals surface area (Å²) in [5, 5.41) is 3.06. The van der Waals surface area contributed by atoms with E-state index in [-0.39, 0.29) is 23.8 Å². The van der Waals surface area contributed by atoms with Crippen molar-refractivity contribution in [1.82, 2.24) is 15.1 Å². The fraction of sp³-hybridized carbons (Fsp3) is 0.667. The third kappa shape index (κ3) is 2.62. The van der Waals surface area contributed by atoms with Crippen LogP contribution in [0.3, 0.4) is 0 Å². The van der Waals surface area contributed by atoms with Crippen molar-refractivity contribution >= 4 is 11.8 Å². The van der Waals surface area contributed by atoms with Gasteiger partial charge >= 0.3 is 0 Å². The second-order valence-electron chi connectivity index (χ2n) is 10.5. The van der Waals surface area contributed by atoms with Gasteiger partial charge in [0, 0.05) is 32.7 Å². The topological polar surface area (TPSA) is 52.7 Å². The number of hydrogen-bond donors (Lipinski definition) is 1. The molecule has 1 saturated heterocycles. The number of piperazine rings is 1. The first-order chi connectivity index (χ1) is 14.1. The van der Waals surface area contributed by atoms with Crippen LogP contribution in [0.25, 0.3) is 0 Å². The molecule has 0 aromatic heterocycles. The molecule has 1 aromatic rings. The van der Waals surface area contributed by atoms with Gasteiger partial charge in [0.15, 0.2) is 0 Å².